The van der Waals surface area contributed by atoms with Crippen LogP contribution in [0.1, 0.15) is 61.8 Å². The number of nitrogens with two attached hydrogens (primary N) is 3. The number of nitrogens with one attached hydrogen (secondary N) is 3. The van der Waals surface area contributed by atoms with Gasteiger partial charge in [0.05, 0.1) is 50.4 Å². The molecule has 0 aliphatic rings. The number of aromatic amines is 2. The topological polar surface area (TPSA) is 228 Å². The molecule has 17 heteroatoms. The van der Waals surface area contributed by atoms with Gasteiger partial charge < -0.3 is 37.6 Å². The number of carboxylic acid groups (broad SMARTS) is 1. The fourth-order valence-electron chi connectivity index (χ4n) is 7.34. The lowest BCUT2D eigenvalue weighted by Crippen LogP contribution is -2.23. The van der Waals surface area contributed by atoms with E-state index in [1.807, 2.05) is 48.5 Å². The Morgan fingerprint density at radius 2 is 1.12 bits per heavy atom. The van der Waals surface area contributed by atoms with Gasteiger partial charge in [-0.05, 0) is 96.1 Å². The van der Waals surface area contributed by atoms with Crippen LogP contribution in [0.4, 0.5) is 20.2 Å². The van der Waals surface area contributed by atoms with Crippen molar-refractivity contribution in [2.24, 2.45) is 5.73 Å². The molecule has 0 bridgehead atoms. The molecule has 10 N–H and O–H groups in total. The first-order valence-electron chi connectivity index (χ1n) is 20.6. The molecule has 10 rings (SSSR count). The third kappa shape index (κ3) is 11.3. The predicted octanol–water partition coefficient (Wildman–Crippen LogP) is 10.6. The monoisotopic (exact) mass is 952 g/mol. The summed E-state index contributed by atoms with van der Waals surface area (Å²) in [4.78, 5) is 46.6. The molecular formula is C51H44Cl2F2N10O3. The summed E-state index contributed by atoms with van der Waals surface area (Å²) in [6.45, 7) is 0.224. The number of amides is 1. The maximum Gasteiger partial charge on any atom is 0.335 e. The van der Waals surface area contributed by atoms with Crippen LogP contribution in [0, 0.1) is 11.6 Å². The minimum atomic E-state index is -0.950. The second-order valence-electron chi connectivity index (χ2n) is 15.5. The zero-order chi connectivity index (χ0) is 47.2. The minimum Gasteiger partial charge on any atom is -0.478 e. The first kappa shape index (κ1) is 48.0. The molecule has 1 amide bonds. The number of carbonyl (C=O) groups excluding carboxylic acids is 1. The molecule has 0 saturated carbocycles. The molecule has 0 fully saturated rings. The van der Waals surface area contributed by atoms with E-state index in [0.29, 0.717) is 73.1 Å². The summed E-state index contributed by atoms with van der Waals surface area (Å²) in [5.41, 5.74) is 26.2. The first-order chi connectivity index (χ1) is 32.3. The Morgan fingerprint density at radius 3 is 1.63 bits per heavy atom. The predicted molar refractivity (Wildman–Crippen MR) is 266 cm³/mol. The first-order valence-corrected chi connectivity index (χ1v) is 21.4. The number of nitrogens with zero attached hydrogens (tertiary/aromatic N) is 4. The summed E-state index contributed by atoms with van der Waals surface area (Å²) in [5, 5.41) is 16.3. The Morgan fingerprint density at radius 1 is 0.632 bits per heavy atom. The number of carbonyl (C=O) groups is 2. The highest BCUT2D eigenvalue weighted by molar-refractivity contribution is 6.36. The Labute approximate surface area is 398 Å². The van der Waals surface area contributed by atoms with Crippen LogP contribution in [0.15, 0.2) is 134 Å². The standard InChI is InChI=1S/C25H19ClFN5O.C16H13N3O2.C9H8ClFN2.CH4/c26-21-13-31-24-10-22(27)17(9-20(21)24)11-32-25(33)15-3-4-29-19(8-15)6-14-1-2-23-16(5-14)7-18(28)12-30-23;17-13-7-12-5-10(1-2-15(12)19-9-13)6-14-8-11(16(20)21)3-4-18-14;10-7-4-13-9-2-8(11)5(3-12)1-6(7)9;/h1-5,7-10,12-13,31H,6,11,28H2,(H,32,33);1-5,7-9H,6,17H2,(H,20,21);1-2,4,13H,3,12H2;1H4. The highest BCUT2D eigenvalue weighted by Gasteiger charge is 2.13. The van der Waals surface area contributed by atoms with Crippen LogP contribution in [0.25, 0.3) is 43.6 Å². The van der Waals surface area contributed by atoms with Gasteiger partial charge in [0.15, 0.2) is 0 Å². The van der Waals surface area contributed by atoms with Crippen molar-refractivity contribution in [2.75, 3.05) is 11.5 Å². The minimum absolute atomic E-state index is 0. The van der Waals surface area contributed by atoms with Crippen LogP contribution in [0.3, 0.4) is 0 Å². The normalized spacial score (nSPS) is 10.8. The smallest absolute Gasteiger partial charge is 0.335 e. The largest absolute Gasteiger partial charge is 0.478 e. The molecular weight excluding hydrogens is 910 g/mol. The van der Waals surface area contributed by atoms with Crippen molar-refractivity contribution in [1.29, 1.82) is 0 Å². The SMILES string of the molecule is C.NCc1cc2c(Cl)c[nH]c2cc1F.Nc1cnc2ccc(Cc3cc(C(=O)NCc4cc5c(Cl)c[nH]c5cc4F)ccn3)cc2c1.Nc1cnc2ccc(Cc3cc(C(=O)O)ccn3)cc2c1. The molecule has 344 valence electrons. The van der Waals surface area contributed by atoms with E-state index in [1.54, 1.807) is 61.3 Å². The summed E-state index contributed by atoms with van der Waals surface area (Å²) < 4.78 is 27.6. The quantitative estimate of drug-likeness (QED) is 0.0724. The number of H-pyrrole nitrogens is 2. The zero-order valence-electron chi connectivity index (χ0n) is 35.3. The maximum atomic E-state index is 14.4. The van der Waals surface area contributed by atoms with E-state index in [4.69, 9.17) is 45.5 Å². The van der Waals surface area contributed by atoms with E-state index >= 15 is 0 Å². The number of anilines is 2. The van der Waals surface area contributed by atoms with Gasteiger partial charge in [0, 0.05) is 111 Å². The van der Waals surface area contributed by atoms with Crippen molar-refractivity contribution in [3.8, 4) is 0 Å². The number of hydrogen-bond donors (Lipinski definition) is 7. The van der Waals surface area contributed by atoms with Crippen LogP contribution in [-0.4, -0.2) is 46.9 Å². The molecule has 13 nitrogen and oxygen atoms in total. The molecule has 4 aromatic carbocycles. The number of aromatic carboxylic acids is 1. The van der Waals surface area contributed by atoms with Crippen molar-refractivity contribution in [1.82, 2.24) is 35.2 Å². The van der Waals surface area contributed by atoms with Gasteiger partial charge in [0.1, 0.15) is 11.6 Å². The second-order valence-corrected chi connectivity index (χ2v) is 16.3. The Kier molecular flexibility index (Phi) is 14.9. The van der Waals surface area contributed by atoms with E-state index in [9.17, 15) is 18.4 Å². The van der Waals surface area contributed by atoms with Gasteiger partial charge in [-0.1, -0.05) is 42.8 Å². The lowest BCUT2D eigenvalue weighted by Gasteiger charge is -2.09. The molecule has 0 spiro atoms. The van der Waals surface area contributed by atoms with Crippen molar-refractivity contribution in [2.45, 2.75) is 33.4 Å². The van der Waals surface area contributed by atoms with E-state index in [0.717, 1.165) is 44.0 Å². The highest BCUT2D eigenvalue weighted by Crippen LogP contribution is 2.27. The van der Waals surface area contributed by atoms with Crippen LogP contribution in [0.2, 0.25) is 10.0 Å². The molecule has 0 radical (unpaired) electrons. The molecule has 10 aromatic rings. The number of pyridine rings is 4. The molecule has 0 saturated heterocycles. The summed E-state index contributed by atoms with van der Waals surface area (Å²) in [7, 11) is 0. The molecule has 0 aliphatic heterocycles. The Balaban J connectivity index is 0.000000167. The average Bonchev–Trinajstić information content (AvgIpc) is 3.87. The number of aromatic nitrogens is 6. The molecule has 0 aliphatic carbocycles. The molecule has 6 heterocycles. The third-order valence-electron chi connectivity index (χ3n) is 10.7. The van der Waals surface area contributed by atoms with Gasteiger partial charge in [-0.25, -0.2) is 13.6 Å². The summed E-state index contributed by atoms with van der Waals surface area (Å²) >= 11 is 12.0. The van der Waals surface area contributed by atoms with Crippen LogP contribution < -0.4 is 22.5 Å². The number of nitrogen functional groups attached to an aromatic ring is 2. The van der Waals surface area contributed by atoms with Crippen molar-refractivity contribution in [3.63, 3.8) is 0 Å². The van der Waals surface area contributed by atoms with E-state index < -0.39 is 11.8 Å². The summed E-state index contributed by atoms with van der Waals surface area (Å²) in [6, 6.07) is 28.1. The number of rotatable bonds is 9. The number of fused-ring (bicyclic) bond motifs is 4. The van der Waals surface area contributed by atoms with Crippen molar-refractivity contribution < 1.29 is 23.5 Å². The average molecular weight is 954 g/mol. The van der Waals surface area contributed by atoms with Gasteiger partial charge in [-0.3, -0.25) is 24.7 Å². The van der Waals surface area contributed by atoms with E-state index in [1.165, 1.54) is 24.4 Å². The maximum absolute atomic E-state index is 14.4. The molecule has 6 aromatic heterocycles. The Bertz CT molecular complexity index is 3470. The zero-order valence-corrected chi connectivity index (χ0v) is 36.8. The van der Waals surface area contributed by atoms with Gasteiger partial charge in [-0.2, -0.15) is 0 Å². The number of carboxylic acids is 1. The number of hydrogen-bond acceptors (Lipinski definition) is 9. The molecule has 68 heavy (non-hydrogen) atoms. The third-order valence-corrected chi connectivity index (χ3v) is 11.3. The lowest BCUT2D eigenvalue weighted by atomic mass is 10.0. The fraction of sp³-hybridized carbons (Fsp3) is 0.0980. The van der Waals surface area contributed by atoms with Crippen molar-refractivity contribution in [3.05, 3.63) is 201 Å². The van der Waals surface area contributed by atoms with Gasteiger partial charge in [0.2, 0.25) is 0 Å². The van der Waals surface area contributed by atoms with Crippen molar-refractivity contribution >= 4 is 90.1 Å². The van der Waals surface area contributed by atoms with E-state index in [2.05, 4.69) is 35.2 Å². The molecule has 0 atom stereocenters. The van der Waals surface area contributed by atoms with Crippen LogP contribution in [-0.2, 0) is 25.9 Å². The van der Waals surface area contributed by atoms with Crippen LogP contribution in [0.5, 0.6) is 0 Å². The van der Waals surface area contributed by atoms with Gasteiger partial charge >= 0.3 is 5.97 Å². The second kappa shape index (κ2) is 21.1. The summed E-state index contributed by atoms with van der Waals surface area (Å²) in [5.74, 6) is -1.97. The van der Waals surface area contributed by atoms with Gasteiger partial charge in [-0.15, -0.1) is 0 Å². The highest BCUT2D eigenvalue weighted by atomic mass is 35.5. The van der Waals surface area contributed by atoms with E-state index in [-0.39, 0.29) is 37.8 Å². The summed E-state index contributed by atoms with van der Waals surface area (Å²) in [6.07, 6.45) is 10.7. The molecule has 0 unspecified atom stereocenters. The van der Waals surface area contributed by atoms with Gasteiger partial charge in [0.25, 0.3) is 5.91 Å². The number of benzene rings is 4. The fourth-order valence-corrected chi connectivity index (χ4v) is 7.76. The number of halogens is 4. The lowest BCUT2D eigenvalue weighted by molar-refractivity contribution is 0.0696. The van der Waals surface area contributed by atoms with Crippen LogP contribution >= 0.6 is 23.2 Å². The Hall–Kier alpha value is -7.98.